The lowest BCUT2D eigenvalue weighted by Crippen LogP contribution is -2.49. The first kappa shape index (κ1) is 12.2. The van der Waals surface area contributed by atoms with Gasteiger partial charge in [-0.1, -0.05) is 0 Å². The van der Waals surface area contributed by atoms with Crippen LogP contribution in [0.2, 0.25) is 0 Å². The Kier molecular flexibility index (Phi) is 3.86. The molecule has 1 saturated heterocycles. The highest BCUT2D eigenvalue weighted by molar-refractivity contribution is 5.75. The number of hydrogen-bond donors (Lipinski definition) is 2. The quantitative estimate of drug-likeness (QED) is 0.765. The molecule has 2 aliphatic rings. The third-order valence-electron chi connectivity index (χ3n) is 3.82. The lowest BCUT2D eigenvalue weighted by Gasteiger charge is -2.34. The predicted octanol–water partition coefficient (Wildman–Crippen LogP) is 0.836. The molecule has 2 fully saturated rings. The van der Waals surface area contributed by atoms with Crippen LogP contribution in [0.5, 0.6) is 0 Å². The number of carbonyl (C=O) groups excluding carboxylic acids is 2. The molecule has 0 aromatic rings. The molecule has 5 nitrogen and oxygen atoms in total. The van der Waals surface area contributed by atoms with Crippen molar-refractivity contribution >= 4 is 11.9 Å². The highest BCUT2D eigenvalue weighted by atomic mass is 16.2. The molecule has 1 aliphatic carbocycles. The Bertz CT molecular complexity index is 294. The van der Waals surface area contributed by atoms with E-state index >= 15 is 0 Å². The summed E-state index contributed by atoms with van der Waals surface area (Å²) in [5.74, 6) is 0.127. The van der Waals surface area contributed by atoms with E-state index in [4.69, 9.17) is 5.73 Å². The maximum atomic E-state index is 11.9. The zero-order valence-corrected chi connectivity index (χ0v) is 10.2. The van der Waals surface area contributed by atoms with Crippen LogP contribution in [0.1, 0.15) is 38.5 Å². The number of nitrogens with two attached hydrogens (primary N) is 1. The second-order valence-electron chi connectivity index (χ2n) is 5.18. The molecule has 1 aliphatic heterocycles. The number of urea groups is 1. The first-order valence-corrected chi connectivity index (χ1v) is 6.49. The molecule has 2 rings (SSSR count). The Morgan fingerprint density at radius 1 is 1.18 bits per heavy atom. The molecule has 17 heavy (non-hydrogen) atoms. The van der Waals surface area contributed by atoms with Gasteiger partial charge in [-0.2, -0.15) is 0 Å². The minimum absolute atomic E-state index is 0.0622. The SMILES string of the molecule is NC(=O)CC1CCN(C(=O)NC2CCC2)CC1. The fourth-order valence-electron chi connectivity index (χ4n) is 2.44. The number of hydrogen-bond acceptors (Lipinski definition) is 2. The van der Waals surface area contributed by atoms with Crippen molar-refractivity contribution in [1.82, 2.24) is 10.2 Å². The maximum absolute atomic E-state index is 11.9. The highest BCUT2D eigenvalue weighted by Gasteiger charge is 2.26. The van der Waals surface area contributed by atoms with E-state index in [0.717, 1.165) is 38.8 Å². The van der Waals surface area contributed by atoms with Crippen molar-refractivity contribution in [2.75, 3.05) is 13.1 Å². The van der Waals surface area contributed by atoms with Crippen LogP contribution in [-0.2, 0) is 4.79 Å². The van der Waals surface area contributed by atoms with Crippen LogP contribution < -0.4 is 11.1 Å². The Balaban J connectivity index is 1.70. The summed E-state index contributed by atoms with van der Waals surface area (Å²) in [5.41, 5.74) is 5.18. The maximum Gasteiger partial charge on any atom is 0.317 e. The van der Waals surface area contributed by atoms with Gasteiger partial charge in [0.2, 0.25) is 5.91 Å². The Morgan fingerprint density at radius 2 is 1.82 bits per heavy atom. The largest absolute Gasteiger partial charge is 0.370 e. The van der Waals surface area contributed by atoms with Gasteiger partial charge in [0.1, 0.15) is 0 Å². The molecule has 0 spiro atoms. The van der Waals surface area contributed by atoms with E-state index in [-0.39, 0.29) is 11.9 Å². The van der Waals surface area contributed by atoms with E-state index in [1.54, 1.807) is 0 Å². The van der Waals surface area contributed by atoms with Crippen molar-refractivity contribution < 1.29 is 9.59 Å². The van der Waals surface area contributed by atoms with Gasteiger partial charge in [0.05, 0.1) is 0 Å². The summed E-state index contributed by atoms with van der Waals surface area (Å²) in [6.45, 7) is 1.49. The lowest BCUT2D eigenvalue weighted by molar-refractivity contribution is -0.119. The Labute approximate surface area is 102 Å². The summed E-state index contributed by atoms with van der Waals surface area (Å²) in [6, 6.07) is 0.457. The molecule has 0 atom stereocenters. The number of primary amides is 1. The van der Waals surface area contributed by atoms with Crippen LogP contribution in [0, 0.1) is 5.92 Å². The van der Waals surface area contributed by atoms with Gasteiger partial charge in [-0.15, -0.1) is 0 Å². The molecule has 0 aromatic heterocycles. The number of rotatable bonds is 3. The molecule has 1 saturated carbocycles. The zero-order chi connectivity index (χ0) is 12.3. The number of nitrogens with one attached hydrogen (secondary N) is 1. The molecule has 0 radical (unpaired) electrons. The molecule has 0 unspecified atom stereocenters. The second kappa shape index (κ2) is 5.38. The van der Waals surface area contributed by atoms with Gasteiger partial charge >= 0.3 is 6.03 Å². The first-order valence-electron chi connectivity index (χ1n) is 6.49. The van der Waals surface area contributed by atoms with Gasteiger partial charge in [0.15, 0.2) is 0 Å². The average Bonchev–Trinajstić information content (AvgIpc) is 2.23. The van der Waals surface area contributed by atoms with Crippen LogP contribution >= 0.6 is 0 Å². The van der Waals surface area contributed by atoms with Gasteiger partial charge in [0, 0.05) is 25.6 Å². The topological polar surface area (TPSA) is 75.4 Å². The standard InChI is InChI=1S/C12H21N3O2/c13-11(16)8-9-4-6-15(7-5-9)12(17)14-10-2-1-3-10/h9-10H,1-8H2,(H2,13,16)(H,14,17). The first-order chi connectivity index (χ1) is 8.15. The molecule has 0 bridgehead atoms. The Morgan fingerprint density at radius 3 is 2.29 bits per heavy atom. The van der Waals surface area contributed by atoms with Crippen molar-refractivity contribution in [3.8, 4) is 0 Å². The van der Waals surface area contributed by atoms with Gasteiger partial charge in [0.25, 0.3) is 0 Å². The van der Waals surface area contributed by atoms with Crippen LogP contribution in [0.25, 0.3) is 0 Å². The second-order valence-corrected chi connectivity index (χ2v) is 5.18. The summed E-state index contributed by atoms with van der Waals surface area (Å²) >= 11 is 0. The summed E-state index contributed by atoms with van der Waals surface area (Å²) in [4.78, 5) is 24.5. The third-order valence-corrected chi connectivity index (χ3v) is 3.82. The van der Waals surface area contributed by atoms with E-state index in [1.165, 1.54) is 6.42 Å². The molecule has 96 valence electrons. The summed E-state index contributed by atoms with van der Waals surface area (Å²) in [6.07, 6.45) is 5.69. The van der Waals surface area contributed by atoms with E-state index in [9.17, 15) is 9.59 Å². The van der Waals surface area contributed by atoms with Crippen LogP contribution in [0.3, 0.4) is 0 Å². The minimum Gasteiger partial charge on any atom is -0.370 e. The van der Waals surface area contributed by atoms with Gasteiger partial charge < -0.3 is 16.0 Å². The van der Waals surface area contributed by atoms with Crippen molar-refractivity contribution in [3.63, 3.8) is 0 Å². The van der Waals surface area contributed by atoms with Crippen molar-refractivity contribution in [2.45, 2.75) is 44.6 Å². The van der Waals surface area contributed by atoms with Crippen molar-refractivity contribution in [3.05, 3.63) is 0 Å². The smallest absolute Gasteiger partial charge is 0.317 e. The highest BCUT2D eigenvalue weighted by Crippen LogP contribution is 2.22. The number of likely N-dealkylation sites (tertiary alicyclic amines) is 1. The molecule has 0 aromatic carbocycles. The fraction of sp³-hybridized carbons (Fsp3) is 0.833. The van der Waals surface area contributed by atoms with E-state index in [1.807, 2.05) is 4.90 Å². The lowest BCUT2D eigenvalue weighted by atomic mass is 9.92. The van der Waals surface area contributed by atoms with E-state index in [0.29, 0.717) is 18.4 Å². The summed E-state index contributed by atoms with van der Waals surface area (Å²) < 4.78 is 0. The number of nitrogens with zero attached hydrogens (tertiary/aromatic N) is 1. The molecule has 3 N–H and O–H groups in total. The molecular formula is C12H21N3O2. The molecule has 5 heteroatoms. The minimum atomic E-state index is -0.234. The summed E-state index contributed by atoms with van der Waals surface area (Å²) in [7, 11) is 0. The summed E-state index contributed by atoms with van der Waals surface area (Å²) in [5, 5.41) is 3.04. The van der Waals surface area contributed by atoms with Gasteiger partial charge in [-0.25, -0.2) is 4.79 Å². The number of amides is 3. The van der Waals surface area contributed by atoms with E-state index in [2.05, 4.69) is 5.32 Å². The van der Waals surface area contributed by atoms with Gasteiger partial charge in [-0.3, -0.25) is 4.79 Å². The fourth-order valence-corrected chi connectivity index (χ4v) is 2.44. The van der Waals surface area contributed by atoms with Crippen molar-refractivity contribution in [1.29, 1.82) is 0 Å². The molecule has 3 amide bonds. The molecular weight excluding hydrogens is 218 g/mol. The van der Waals surface area contributed by atoms with Gasteiger partial charge in [-0.05, 0) is 38.0 Å². The third kappa shape index (κ3) is 3.35. The average molecular weight is 239 g/mol. The molecule has 1 heterocycles. The van der Waals surface area contributed by atoms with Crippen molar-refractivity contribution in [2.24, 2.45) is 11.7 Å². The monoisotopic (exact) mass is 239 g/mol. The zero-order valence-electron chi connectivity index (χ0n) is 10.2. The number of piperidine rings is 1. The number of carbonyl (C=O) groups is 2. The van der Waals surface area contributed by atoms with Crippen LogP contribution in [0.4, 0.5) is 4.79 Å². The Hall–Kier alpha value is -1.26. The van der Waals surface area contributed by atoms with Crippen LogP contribution in [-0.4, -0.2) is 36.0 Å². The predicted molar refractivity (Wildman–Crippen MR) is 64.3 cm³/mol. The normalized spacial score (nSPS) is 22.0. The van der Waals surface area contributed by atoms with Crippen LogP contribution in [0.15, 0.2) is 0 Å². The van der Waals surface area contributed by atoms with E-state index < -0.39 is 0 Å².